The zero-order chi connectivity index (χ0) is 14.9. The summed E-state index contributed by atoms with van der Waals surface area (Å²) in [6.45, 7) is 0. The predicted molar refractivity (Wildman–Crippen MR) is 87.5 cm³/mol. The van der Waals surface area contributed by atoms with Crippen LogP contribution in [0.1, 0.15) is 0 Å². The first kappa shape index (κ1) is 13.1. The Morgan fingerprint density at radius 1 is 1.00 bits per heavy atom. The molecular formula is C16H11N3O2S. The lowest BCUT2D eigenvalue weighted by atomic mass is 10.2. The molecule has 0 aliphatic carbocycles. The van der Waals surface area contributed by atoms with Gasteiger partial charge in [0.15, 0.2) is 12.0 Å². The second-order valence-corrected chi connectivity index (χ2v) is 5.44. The molecule has 4 aromatic rings. The van der Waals surface area contributed by atoms with E-state index in [2.05, 4.69) is 15.3 Å². The van der Waals surface area contributed by atoms with E-state index in [0.29, 0.717) is 0 Å². The largest absolute Gasteiger partial charge is 0.443 e. The van der Waals surface area contributed by atoms with Crippen molar-refractivity contribution < 1.29 is 8.97 Å². The Morgan fingerprint density at radius 2 is 1.95 bits per heavy atom. The topological polar surface area (TPSA) is 71.2 Å². The minimum Gasteiger partial charge on any atom is -0.443 e. The van der Waals surface area contributed by atoms with Gasteiger partial charge in [-0.25, -0.2) is 4.98 Å². The number of rotatable bonds is 3. The van der Waals surface area contributed by atoms with Crippen LogP contribution in [0.25, 0.3) is 22.0 Å². The number of fused-ring (bicyclic) bond motifs is 2. The molecule has 0 unspecified atom stereocenters. The van der Waals surface area contributed by atoms with Crippen LogP contribution < -0.4 is 5.32 Å². The normalized spacial score (nSPS) is 11.1. The summed E-state index contributed by atoms with van der Waals surface area (Å²) in [5.41, 5.74) is 4.25. The minimum atomic E-state index is 0.724. The van der Waals surface area contributed by atoms with Gasteiger partial charge in [-0.2, -0.15) is 0 Å². The van der Waals surface area contributed by atoms with E-state index in [9.17, 15) is 4.55 Å². The average Bonchev–Trinajstić information content (AvgIpc) is 3.02. The van der Waals surface area contributed by atoms with Crippen LogP contribution in [0.5, 0.6) is 0 Å². The molecule has 0 aliphatic heterocycles. The highest BCUT2D eigenvalue weighted by atomic mass is 32.2. The van der Waals surface area contributed by atoms with E-state index >= 15 is 0 Å². The fraction of sp³-hybridized carbons (Fsp3) is 0. The summed E-state index contributed by atoms with van der Waals surface area (Å²) in [4.78, 5) is 9.27. The molecule has 0 fully saturated rings. The van der Waals surface area contributed by atoms with Crippen LogP contribution in [0.2, 0.25) is 0 Å². The number of nitrogens with zero attached hydrogens (tertiary/aromatic N) is 2. The van der Waals surface area contributed by atoms with E-state index in [0.717, 1.165) is 50.3 Å². The van der Waals surface area contributed by atoms with E-state index in [1.54, 1.807) is 6.20 Å². The van der Waals surface area contributed by atoms with Gasteiger partial charge in [0.05, 0.1) is 5.52 Å². The number of oxazole rings is 1. The molecule has 5 nitrogen and oxygen atoms in total. The molecule has 0 amide bonds. The molecule has 2 heterocycles. The Labute approximate surface area is 130 Å². The SMILES string of the molecule is OSc1ccc2nccc(Nc3ccc4ocnc4c3)c2c1. The van der Waals surface area contributed by atoms with Crippen molar-refractivity contribution in [3.05, 3.63) is 55.1 Å². The van der Waals surface area contributed by atoms with Gasteiger partial charge in [-0.3, -0.25) is 4.98 Å². The van der Waals surface area contributed by atoms with Crippen molar-refractivity contribution in [2.45, 2.75) is 4.90 Å². The number of aromatic nitrogens is 2. The van der Waals surface area contributed by atoms with Crippen LogP contribution >= 0.6 is 12.0 Å². The van der Waals surface area contributed by atoms with Gasteiger partial charge in [0, 0.05) is 39.9 Å². The fourth-order valence-electron chi connectivity index (χ4n) is 2.38. The molecule has 0 saturated heterocycles. The maximum atomic E-state index is 9.23. The lowest BCUT2D eigenvalue weighted by molar-refractivity contribution is 0.602. The Balaban J connectivity index is 1.79. The van der Waals surface area contributed by atoms with Crippen LogP contribution in [-0.4, -0.2) is 14.5 Å². The van der Waals surface area contributed by atoms with Gasteiger partial charge in [0.2, 0.25) is 0 Å². The van der Waals surface area contributed by atoms with E-state index < -0.39 is 0 Å². The Kier molecular flexibility index (Phi) is 3.17. The van der Waals surface area contributed by atoms with Gasteiger partial charge in [-0.1, -0.05) is 0 Å². The first-order valence-electron chi connectivity index (χ1n) is 6.64. The molecule has 2 aromatic heterocycles. The number of anilines is 2. The third-order valence-corrected chi connectivity index (χ3v) is 3.89. The van der Waals surface area contributed by atoms with Crippen molar-refractivity contribution in [2.24, 2.45) is 0 Å². The third-order valence-electron chi connectivity index (χ3n) is 3.43. The molecule has 2 N–H and O–H groups in total. The summed E-state index contributed by atoms with van der Waals surface area (Å²) in [5, 5.41) is 4.31. The molecule has 0 radical (unpaired) electrons. The highest BCUT2D eigenvalue weighted by molar-refractivity contribution is 7.93. The number of hydrogen-bond donors (Lipinski definition) is 2. The highest BCUT2D eigenvalue weighted by Crippen LogP contribution is 2.29. The molecule has 0 spiro atoms. The molecule has 4 rings (SSSR count). The Bertz CT molecular complexity index is 968. The van der Waals surface area contributed by atoms with Gasteiger partial charge in [-0.05, 0) is 42.5 Å². The summed E-state index contributed by atoms with van der Waals surface area (Å²) >= 11 is 0.724. The van der Waals surface area contributed by atoms with Crippen LogP contribution in [-0.2, 0) is 0 Å². The molecule has 0 aliphatic rings. The molecule has 0 atom stereocenters. The Hall–Kier alpha value is -2.57. The molecule has 108 valence electrons. The van der Waals surface area contributed by atoms with E-state index in [4.69, 9.17) is 4.42 Å². The highest BCUT2D eigenvalue weighted by Gasteiger charge is 2.06. The summed E-state index contributed by atoms with van der Waals surface area (Å²) in [6, 6.07) is 13.3. The Morgan fingerprint density at radius 3 is 2.86 bits per heavy atom. The third kappa shape index (κ3) is 2.28. The van der Waals surface area contributed by atoms with E-state index in [1.165, 1.54) is 6.39 Å². The summed E-state index contributed by atoms with van der Waals surface area (Å²) in [5.74, 6) is 0. The molecule has 2 aromatic carbocycles. The summed E-state index contributed by atoms with van der Waals surface area (Å²) in [6.07, 6.45) is 3.19. The smallest absolute Gasteiger partial charge is 0.181 e. The van der Waals surface area contributed by atoms with E-state index in [1.807, 2.05) is 42.5 Å². The maximum absolute atomic E-state index is 9.23. The number of benzene rings is 2. The van der Waals surface area contributed by atoms with E-state index in [-0.39, 0.29) is 0 Å². The fourth-order valence-corrected chi connectivity index (χ4v) is 2.68. The molecular weight excluding hydrogens is 298 g/mol. The van der Waals surface area contributed by atoms with Gasteiger partial charge in [0.25, 0.3) is 0 Å². The zero-order valence-corrected chi connectivity index (χ0v) is 12.2. The van der Waals surface area contributed by atoms with Crippen molar-refractivity contribution in [3.63, 3.8) is 0 Å². The van der Waals surface area contributed by atoms with Gasteiger partial charge >= 0.3 is 0 Å². The minimum absolute atomic E-state index is 0.724. The van der Waals surface area contributed by atoms with Crippen LogP contribution in [0, 0.1) is 0 Å². The quantitative estimate of drug-likeness (QED) is 0.535. The van der Waals surface area contributed by atoms with Gasteiger partial charge < -0.3 is 14.3 Å². The van der Waals surface area contributed by atoms with Gasteiger partial charge in [-0.15, -0.1) is 0 Å². The first-order valence-corrected chi connectivity index (χ1v) is 7.41. The van der Waals surface area contributed by atoms with Crippen LogP contribution in [0.15, 0.2) is 64.4 Å². The second-order valence-electron chi connectivity index (χ2n) is 4.79. The number of nitrogens with one attached hydrogen (secondary N) is 1. The lowest BCUT2D eigenvalue weighted by Gasteiger charge is -2.10. The lowest BCUT2D eigenvalue weighted by Crippen LogP contribution is -1.92. The number of hydrogen-bond acceptors (Lipinski definition) is 6. The van der Waals surface area contributed by atoms with Crippen molar-refractivity contribution in [1.82, 2.24) is 9.97 Å². The van der Waals surface area contributed by atoms with Gasteiger partial charge in [0.1, 0.15) is 5.52 Å². The average molecular weight is 309 g/mol. The zero-order valence-electron chi connectivity index (χ0n) is 11.4. The van der Waals surface area contributed by atoms with Crippen molar-refractivity contribution >= 4 is 45.4 Å². The van der Waals surface area contributed by atoms with Crippen molar-refractivity contribution in [1.29, 1.82) is 0 Å². The van der Waals surface area contributed by atoms with Crippen LogP contribution in [0.3, 0.4) is 0 Å². The molecule has 0 bridgehead atoms. The first-order chi connectivity index (χ1) is 10.8. The predicted octanol–water partition coefficient (Wildman–Crippen LogP) is 4.68. The molecule has 6 heteroatoms. The standard InChI is InChI=1S/C16H11N3O2S/c20-22-11-2-3-13-12(8-11)14(5-6-17-13)19-10-1-4-16-15(7-10)18-9-21-16/h1-9,20H,(H,17,19). The maximum Gasteiger partial charge on any atom is 0.181 e. The summed E-state index contributed by atoms with van der Waals surface area (Å²) < 4.78 is 14.5. The number of pyridine rings is 1. The van der Waals surface area contributed by atoms with Crippen LogP contribution in [0.4, 0.5) is 11.4 Å². The second kappa shape index (κ2) is 5.32. The van der Waals surface area contributed by atoms with Crippen molar-refractivity contribution in [2.75, 3.05) is 5.32 Å². The monoisotopic (exact) mass is 309 g/mol. The summed E-state index contributed by atoms with van der Waals surface area (Å²) in [7, 11) is 0. The van der Waals surface area contributed by atoms with Crippen molar-refractivity contribution in [3.8, 4) is 0 Å². The molecule has 22 heavy (non-hydrogen) atoms. The molecule has 0 saturated carbocycles.